The van der Waals surface area contributed by atoms with Crippen molar-refractivity contribution in [3.05, 3.63) is 55.7 Å². The molecule has 0 aliphatic carbocycles. The van der Waals surface area contributed by atoms with Crippen molar-refractivity contribution < 1.29 is 9.59 Å². The molecule has 1 aliphatic rings. The van der Waals surface area contributed by atoms with Crippen molar-refractivity contribution in [2.75, 3.05) is 10.6 Å². The zero-order chi connectivity index (χ0) is 18.3. The monoisotopic (exact) mass is 362 g/mol. The lowest BCUT2D eigenvalue weighted by Crippen LogP contribution is -2.48. The number of carbonyl (C=O) groups excluding carboxylic acids is 2. The molecule has 25 heavy (non-hydrogen) atoms. The fourth-order valence-corrected chi connectivity index (χ4v) is 2.77. The first-order valence-corrected chi connectivity index (χ1v) is 7.83. The van der Waals surface area contributed by atoms with Gasteiger partial charge in [-0.15, -0.1) is 0 Å². The van der Waals surface area contributed by atoms with Crippen LogP contribution >= 0.6 is 11.6 Å². The SMILES string of the molecule is Cn1c2c(c(=O)n(C)c1=O)NC(CC(=O)c1ccc(Cl)cc1)C(=O)N2. The molecule has 0 radical (unpaired) electrons. The van der Waals surface area contributed by atoms with Gasteiger partial charge in [-0.1, -0.05) is 11.6 Å². The minimum atomic E-state index is -0.916. The highest BCUT2D eigenvalue weighted by molar-refractivity contribution is 6.30. The number of Topliss-reactive ketones (excluding diaryl/α,β-unsaturated/α-hetero) is 1. The Bertz CT molecular complexity index is 991. The van der Waals surface area contributed by atoms with Gasteiger partial charge in [-0.2, -0.15) is 0 Å². The molecule has 9 heteroatoms. The van der Waals surface area contributed by atoms with E-state index in [0.717, 1.165) is 4.57 Å². The van der Waals surface area contributed by atoms with Gasteiger partial charge in [-0.25, -0.2) is 4.79 Å². The molecule has 130 valence electrons. The van der Waals surface area contributed by atoms with Crippen molar-refractivity contribution in [1.82, 2.24) is 9.13 Å². The summed E-state index contributed by atoms with van der Waals surface area (Å²) < 4.78 is 2.10. The molecule has 8 nitrogen and oxygen atoms in total. The van der Waals surface area contributed by atoms with Crippen LogP contribution in [-0.4, -0.2) is 26.9 Å². The second kappa shape index (κ2) is 6.21. The van der Waals surface area contributed by atoms with E-state index in [0.29, 0.717) is 10.6 Å². The van der Waals surface area contributed by atoms with Crippen molar-refractivity contribution >= 4 is 34.8 Å². The number of halogens is 1. The Morgan fingerprint density at radius 2 is 1.76 bits per heavy atom. The fourth-order valence-electron chi connectivity index (χ4n) is 2.65. The highest BCUT2D eigenvalue weighted by Gasteiger charge is 2.31. The lowest BCUT2D eigenvalue weighted by molar-refractivity contribution is -0.117. The molecule has 1 unspecified atom stereocenters. The predicted octanol–water partition coefficient (Wildman–Crippen LogP) is 0.743. The van der Waals surface area contributed by atoms with Crippen LogP contribution in [0.4, 0.5) is 11.5 Å². The number of hydrogen-bond donors (Lipinski definition) is 2. The van der Waals surface area contributed by atoms with Gasteiger partial charge >= 0.3 is 5.69 Å². The zero-order valence-electron chi connectivity index (χ0n) is 13.5. The van der Waals surface area contributed by atoms with E-state index in [9.17, 15) is 19.2 Å². The first-order valence-electron chi connectivity index (χ1n) is 7.45. The lowest BCUT2D eigenvalue weighted by Gasteiger charge is -2.27. The first kappa shape index (κ1) is 17.0. The van der Waals surface area contributed by atoms with Crippen molar-refractivity contribution in [2.24, 2.45) is 14.1 Å². The predicted molar refractivity (Wildman–Crippen MR) is 93.4 cm³/mol. The van der Waals surface area contributed by atoms with Crippen LogP contribution in [0.1, 0.15) is 16.8 Å². The summed E-state index contributed by atoms with van der Waals surface area (Å²) in [6.45, 7) is 0. The van der Waals surface area contributed by atoms with Crippen molar-refractivity contribution in [1.29, 1.82) is 0 Å². The number of aromatic nitrogens is 2. The van der Waals surface area contributed by atoms with Crippen LogP contribution in [0.15, 0.2) is 33.9 Å². The number of benzene rings is 1. The van der Waals surface area contributed by atoms with Gasteiger partial charge < -0.3 is 10.6 Å². The molecule has 0 saturated heterocycles. The highest BCUT2D eigenvalue weighted by Crippen LogP contribution is 2.23. The summed E-state index contributed by atoms with van der Waals surface area (Å²) in [5, 5.41) is 5.82. The quantitative estimate of drug-likeness (QED) is 0.784. The second-order valence-electron chi connectivity index (χ2n) is 5.75. The maximum atomic E-state index is 12.4. The molecule has 1 aromatic heterocycles. The second-order valence-corrected chi connectivity index (χ2v) is 6.19. The Balaban J connectivity index is 1.91. The van der Waals surface area contributed by atoms with E-state index in [4.69, 9.17) is 11.6 Å². The van der Waals surface area contributed by atoms with Gasteiger partial charge in [0.1, 0.15) is 17.5 Å². The van der Waals surface area contributed by atoms with E-state index in [2.05, 4.69) is 10.6 Å². The number of nitrogens with zero attached hydrogens (tertiary/aromatic N) is 2. The molecule has 0 saturated carbocycles. The van der Waals surface area contributed by atoms with Crippen LogP contribution in [0.3, 0.4) is 0 Å². The van der Waals surface area contributed by atoms with Gasteiger partial charge in [-0.05, 0) is 24.3 Å². The van der Waals surface area contributed by atoms with Gasteiger partial charge in [0.25, 0.3) is 5.56 Å². The summed E-state index contributed by atoms with van der Waals surface area (Å²) >= 11 is 5.79. The van der Waals surface area contributed by atoms with Gasteiger partial charge in [-0.3, -0.25) is 23.5 Å². The molecular weight excluding hydrogens is 348 g/mol. The largest absolute Gasteiger partial charge is 0.366 e. The van der Waals surface area contributed by atoms with E-state index in [-0.39, 0.29) is 23.7 Å². The zero-order valence-corrected chi connectivity index (χ0v) is 14.3. The Kier molecular flexibility index (Phi) is 4.22. The van der Waals surface area contributed by atoms with Gasteiger partial charge in [0.05, 0.1) is 0 Å². The fraction of sp³-hybridized carbons (Fsp3) is 0.250. The summed E-state index contributed by atoms with van der Waals surface area (Å²) in [6.07, 6.45) is -0.140. The number of fused-ring (bicyclic) bond motifs is 1. The summed E-state index contributed by atoms with van der Waals surface area (Å²) in [5.74, 6) is -0.666. The molecule has 0 fully saturated rings. The molecule has 1 amide bonds. The number of anilines is 2. The standard InChI is InChI=1S/C16H15ClN4O4/c1-20-13-12(15(24)21(2)16(20)25)18-10(14(23)19-13)7-11(22)8-3-5-9(17)6-4-8/h3-6,10,18H,7H2,1-2H3,(H,19,23). The van der Waals surface area contributed by atoms with E-state index < -0.39 is 23.2 Å². The van der Waals surface area contributed by atoms with Crippen LogP contribution in [0.2, 0.25) is 5.02 Å². The minimum absolute atomic E-state index is 0.0816. The van der Waals surface area contributed by atoms with Crippen molar-refractivity contribution in [2.45, 2.75) is 12.5 Å². The van der Waals surface area contributed by atoms with Crippen LogP contribution < -0.4 is 21.9 Å². The molecule has 0 bridgehead atoms. The Morgan fingerprint density at radius 1 is 1.12 bits per heavy atom. The first-order chi connectivity index (χ1) is 11.8. The molecule has 2 aromatic rings. The normalized spacial score (nSPS) is 16.0. The van der Waals surface area contributed by atoms with Gasteiger partial charge in [0.15, 0.2) is 5.78 Å². The number of amides is 1. The van der Waals surface area contributed by atoms with E-state index in [1.54, 1.807) is 24.3 Å². The third kappa shape index (κ3) is 2.96. The minimum Gasteiger partial charge on any atom is -0.366 e. The summed E-state index contributed by atoms with van der Waals surface area (Å²) in [7, 11) is 2.79. The summed E-state index contributed by atoms with van der Waals surface area (Å²) in [6, 6.07) is 5.40. The third-order valence-electron chi connectivity index (χ3n) is 4.10. The number of nitrogens with one attached hydrogen (secondary N) is 2. The Hall–Kier alpha value is -2.87. The maximum absolute atomic E-state index is 12.4. The Morgan fingerprint density at radius 3 is 2.40 bits per heavy atom. The Labute approximate surface area is 147 Å². The summed E-state index contributed by atoms with van der Waals surface area (Å²) in [5.41, 5.74) is -0.625. The number of hydrogen-bond acceptors (Lipinski definition) is 5. The van der Waals surface area contributed by atoms with Crippen LogP contribution in [0.5, 0.6) is 0 Å². The molecule has 1 atom stereocenters. The summed E-state index contributed by atoms with van der Waals surface area (Å²) in [4.78, 5) is 48.8. The van der Waals surface area contributed by atoms with Crippen LogP contribution in [0, 0.1) is 0 Å². The number of rotatable bonds is 3. The number of carbonyl (C=O) groups is 2. The molecule has 1 aromatic carbocycles. The third-order valence-corrected chi connectivity index (χ3v) is 4.35. The smallest absolute Gasteiger partial charge is 0.332 e. The molecule has 2 N–H and O–H groups in total. The average Bonchev–Trinajstić information content (AvgIpc) is 2.60. The number of ketones is 1. The molecule has 3 rings (SSSR count). The lowest BCUT2D eigenvalue weighted by atomic mass is 10.0. The van der Waals surface area contributed by atoms with Gasteiger partial charge in [0, 0.05) is 31.1 Å². The van der Waals surface area contributed by atoms with E-state index >= 15 is 0 Å². The topological polar surface area (TPSA) is 102 Å². The van der Waals surface area contributed by atoms with Crippen LogP contribution in [0.25, 0.3) is 0 Å². The van der Waals surface area contributed by atoms with Crippen molar-refractivity contribution in [3.63, 3.8) is 0 Å². The average molecular weight is 363 g/mol. The highest BCUT2D eigenvalue weighted by atomic mass is 35.5. The van der Waals surface area contributed by atoms with E-state index in [1.165, 1.54) is 18.7 Å². The molecular formula is C16H15ClN4O4. The maximum Gasteiger partial charge on any atom is 0.332 e. The van der Waals surface area contributed by atoms with Crippen molar-refractivity contribution in [3.8, 4) is 0 Å². The molecule has 1 aliphatic heterocycles. The molecule has 0 spiro atoms. The van der Waals surface area contributed by atoms with E-state index in [1.807, 2.05) is 0 Å². The van der Waals surface area contributed by atoms with Gasteiger partial charge in [0.2, 0.25) is 5.91 Å². The van der Waals surface area contributed by atoms with Crippen LogP contribution in [-0.2, 0) is 18.9 Å². The molecule has 2 heterocycles.